The second-order valence-corrected chi connectivity index (χ2v) is 7.70. The van der Waals surface area contributed by atoms with Crippen LogP contribution in [0, 0.1) is 19.8 Å². The van der Waals surface area contributed by atoms with E-state index in [1.807, 2.05) is 13.0 Å². The van der Waals surface area contributed by atoms with E-state index in [0.29, 0.717) is 23.4 Å². The fraction of sp³-hybridized carbons (Fsp3) is 0.300. The first-order chi connectivity index (χ1) is 13.1. The van der Waals surface area contributed by atoms with Crippen molar-refractivity contribution in [3.05, 3.63) is 48.1 Å². The van der Waals surface area contributed by atoms with Crippen LogP contribution in [-0.4, -0.2) is 29.7 Å². The first-order valence-electron chi connectivity index (χ1n) is 8.87. The van der Waals surface area contributed by atoms with Crippen molar-refractivity contribution in [3.8, 4) is 22.5 Å². The number of aryl methyl sites for hydroxylation is 2. The van der Waals surface area contributed by atoms with E-state index in [0.717, 1.165) is 41.3 Å². The van der Waals surface area contributed by atoms with E-state index in [4.69, 9.17) is 14.9 Å². The van der Waals surface area contributed by atoms with Crippen LogP contribution in [0.25, 0.3) is 22.5 Å². The predicted octanol–water partition coefficient (Wildman–Crippen LogP) is 3.85. The molecule has 0 saturated carbocycles. The van der Waals surface area contributed by atoms with Crippen molar-refractivity contribution >= 4 is 17.8 Å². The van der Waals surface area contributed by atoms with Crippen LogP contribution in [0.5, 0.6) is 0 Å². The second kappa shape index (κ2) is 7.72. The van der Waals surface area contributed by atoms with E-state index in [2.05, 4.69) is 39.8 Å². The number of benzene rings is 1. The number of ether oxygens (including phenoxy) is 1. The van der Waals surface area contributed by atoms with Gasteiger partial charge in [0.1, 0.15) is 5.82 Å². The molecule has 3 heterocycles. The molecule has 27 heavy (non-hydrogen) atoms. The lowest BCUT2D eigenvalue weighted by Crippen LogP contribution is -2.34. The van der Waals surface area contributed by atoms with Gasteiger partial charge >= 0.3 is 0 Å². The lowest BCUT2D eigenvalue weighted by atomic mass is 10.0. The Kier molecular flexibility index (Phi) is 5.15. The molecule has 0 atom stereocenters. The number of aromatic nitrogens is 2. The Balaban J connectivity index is 1.59. The van der Waals surface area contributed by atoms with Gasteiger partial charge in [-0.3, -0.25) is 4.72 Å². The largest absolute Gasteiger partial charge is 0.441 e. The number of anilines is 1. The standard InChI is InChI=1S/C20H22N4O2S/c1-12-3-4-16(27-24-7-14-10-25-11-14)6-17(12)15-5-18(20(21)23-8-15)19-9-22-13(2)26-19/h3-6,8-9,14,24H,7,10-11H2,1-2H3,(H2,21,23). The van der Waals surface area contributed by atoms with Crippen LogP contribution in [0.4, 0.5) is 5.82 Å². The van der Waals surface area contributed by atoms with Crippen LogP contribution in [0.2, 0.25) is 0 Å². The van der Waals surface area contributed by atoms with E-state index >= 15 is 0 Å². The number of nitrogens with one attached hydrogen (secondary N) is 1. The van der Waals surface area contributed by atoms with Gasteiger partial charge in [-0.1, -0.05) is 6.07 Å². The highest BCUT2D eigenvalue weighted by atomic mass is 32.2. The minimum atomic E-state index is 0.433. The summed E-state index contributed by atoms with van der Waals surface area (Å²) < 4.78 is 14.3. The van der Waals surface area contributed by atoms with Crippen molar-refractivity contribution in [2.24, 2.45) is 5.92 Å². The van der Waals surface area contributed by atoms with Crippen molar-refractivity contribution in [3.63, 3.8) is 0 Å². The summed E-state index contributed by atoms with van der Waals surface area (Å²) in [7, 11) is 0. The monoisotopic (exact) mass is 382 g/mol. The van der Waals surface area contributed by atoms with Gasteiger partial charge in [-0.05, 0) is 48.2 Å². The summed E-state index contributed by atoms with van der Waals surface area (Å²) in [6.45, 7) is 6.57. The summed E-state index contributed by atoms with van der Waals surface area (Å²) >= 11 is 1.64. The van der Waals surface area contributed by atoms with Crippen LogP contribution in [0.3, 0.4) is 0 Å². The average molecular weight is 382 g/mol. The molecular weight excluding hydrogens is 360 g/mol. The Morgan fingerprint density at radius 1 is 1.15 bits per heavy atom. The fourth-order valence-electron chi connectivity index (χ4n) is 2.93. The van der Waals surface area contributed by atoms with Gasteiger partial charge < -0.3 is 14.9 Å². The number of nitrogens with zero attached hydrogens (tertiary/aromatic N) is 2. The van der Waals surface area contributed by atoms with Crippen LogP contribution in [0.15, 0.2) is 46.0 Å². The zero-order chi connectivity index (χ0) is 18.8. The molecule has 1 aliphatic heterocycles. The van der Waals surface area contributed by atoms with Crippen molar-refractivity contribution in [2.45, 2.75) is 18.7 Å². The van der Waals surface area contributed by atoms with Gasteiger partial charge in [0, 0.05) is 36.0 Å². The van der Waals surface area contributed by atoms with Crippen LogP contribution in [-0.2, 0) is 4.74 Å². The summed E-state index contributed by atoms with van der Waals surface area (Å²) in [6.07, 6.45) is 3.48. The Morgan fingerprint density at radius 2 is 2.00 bits per heavy atom. The molecule has 0 spiro atoms. The highest BCUT2D eigenvalue weighted by Crippen LogP contribution is 2.33. The molecule has 0 bridgehead atoms. The average Bonchev–Trinajstić information content (AvgIpc) is 3.05. The van der Waals surface area contributed by atoms with Gasteiger partial charge in [0.2, 0.25) is 0 Å². The molecule has 1 aliphatic rings. The van der Waals surface area contributed by atoms with Crippen LogP contribution < -0.4 is 10.5 Å². The molecular formula is C20H22N4O2S. The van der Waals surface area contributed by atoms with Crippen molar-refractivity contribution in [1.29, 1.82) is 0 Å². The van der Waals surface area contributed by atoms with E-state index in [1.54, 1.807) is 24.3 Å². The molecule has 0 amide bonds. The minimum Gasteiger partial charge on any atom is -0.441 e. The highest BCUT2D eigenvalue weighted by molar-refractivity contribution is 7.97. The number of rotatable bonds is 6. The third-order valence-corrected chi connectivity index (χ3v) is 5.40. The number of nitrogens with two attached hydrogens (primary N) is 1. The molecule has 1 fully saturated rings. The minimum absolute atomic E-state index is 0.433. The number of nitrogen functional groups attached to an aromatic ring is 1. The predicted molar refractivity (Wildman–Crippen MR) is 107 cm³/mol. The molecule has 3 aromatic rings. The highest BCUT2D eigenvalue weighted by Gasteiger charge is 2.18. The Morgan fingerprint density at radius 3 is 2.70 bits per heavy atom. The van der Waals surface area contributed by atoms with Gasteiger partial charge in [0.15, 0.2) is 11.7 Å². The first kappa shape index (κ1) is 18.0. The van der Waals surface area contributed by atoms with E-state index < -0.39 is 0 Å². The third-order valence-electron chi connectivity index (χ3n) is 4.59. The Bertz CT molecular complexity index is 953. The summed E-state index contributed by atoms with van der Waals surface area (Å²) in [6, 6.07) is 8.44. The lowest BCUT2D eigenvalue weighted by Gasteiger charge is -2.25. The maximum atomic E-state index is 6.07. The van der Waals surface area contributed by atoms with Crippen molar-refractivity contribution in [1.82, 2.24) is 14.7 Å². The summed E-state index contributed by atoms with van der Waals surface area (Å²) in [4.78, 5) is 9.68. The number of hydrogen-bond donors (Lipinski definition) is 2. The molecule has 4 rings (SSSR count). The molecule has 7 heteroatoms. The Hall–Kier alpha value is -2.35. The SMILES string of the molecule is Cc1ncc(-c2cc(-c3cc(SNCC4COC4)ccc3C)cnc2N)o1. The summed E-state index contributed by atoms with van der Waals surface area (Å²) in [5.41, 5.74) is 10.1. The van der Waals surface area contributed by atoms with E-state index in [1.165, 1.54) is 5.56 Å². The zero-order valence-electron chi connectivity index (χ0n) is 15.4. The molecule has 1 aromatic carbocycles. The lowest BCUT2D eigenvalue weighted by molar-refractivity contribution is -0.0281. The van der Waals surface area contributed by atoms with E-state index in [-0.39, 0.29) is 0 Å². The smallest absolute Gasteiger partial charge is 0.191 e. The van der Waals surface area contributed by atoms with Crippen LogP contribution in [0.1, 0.15) is 11.5 Å². The van der Waals surface area contributed by atoms with Crippen LogP contribution >= 0.6 is 11.9 Å². The van der Waals surface area contributed by atoms with Gasteiger partial charge in [-0.25, -0.2) is 9.97 Å². The summed E-state index contributed by atoms with van der Waals surface area (Å²) in [5, 5.41) is 0. The Labute approximate surface area is 162 Å². The van der Waals surface area contributed by atoms with Gasteiger partial charge in [0.25, 0.3) is 0 Å². The van der Waals surface area contributed by atoms with E-state index in [9.17, 15) is 0 Å². The molecule has 6 nitrogen and oxygen atoms in total. The maximum Gasteiger partial charge on any atom is 0.191 e. The van der Waals surface area contributed by atoms with Gasteiger partial charge in [0.05, 0.1) is 25.0 Å². The molecule has 3 N–H and O–H groups in total. The topological polar surface area (TPSA) is 86.2 Å². The third kappa shape index (κ3) is 4.00. The molecule has 140 valence electrons. The molecule has 1 saturated heterocycles. The first-order valence-corrected chi connectivity index (χ1v) is 9.68. The second-order valence-electron chi connectivity index (χ2n) is 6.73. The molecule has 0 unspecified atom stereocenters. The van der Waals surface area contributed by atoms with Gasteiger partial charge in [-0.2, -0.15) is 0 Å². The van der Waals surface area contributed by atoms with Crippen molar-refractivity contribution in [2.75, 3.05) is 25.5 Å². The molecule has 0 aliphatic carbocycles. The normalized spacial score (nSPS) is 14.3. The zero-order valence-corrected chi connectivity index (χ0v) is 16.2. The number of hydrogen-bond acceptors (Lipinski definition) is 7. The maximum absolute atomic E-state index is 6.07. The van der Waals surface area contributed by atoms with Crippen molar-refractivity contribution < 1.29 is 9.15 Å². The number of oxazole rings is 1. The number of pyridine rings is 1. The molecule has 0 radical (unpaired) electrons. The molecule has 2 aromatic heterocycles. The quantitative estimate of drug-likeness (QED) is 0.626. The fourth-order valence-corrected chi connectivity index (χ4v) is 3.73. The van der Waals surface area contributed by atoms with Gasteiger partial charge in [-0.15, -0.1) is 0 Å². The summed E-state index contributed by atoms with van der Waals surface area (Å²) in [5.74, 6) is 2.29.